The van der Waals surface area contributed by atoms with Crippen molar-refractivity contribution in [1.82, 2.24) is 0 Å². The lowest BCUT2D eigenvalue weighted by Gasteiger charge is -2.17. The molecule has 0 fully saturated rings. The van der Waals surface area contributed by atoms with Crippen molar-refractivity contribution < 1.29 is 51.3 Å². The van der Waals surface area contributed by atoms with Gasteiger partial charge in [-0.05, 0) is 80.3 Å². The number of methoxy groups -OCH3 is 1. The second-order valence-corrected chi connectivity index (χ2v) is 16.0. The largest absolute Gasteiger partial charge is 0.493 e. The standard InChI is InChI=1S/C24H34N2O4.C19H32O7S2/c1-5-7-13-29-22-16-21(23(30-14-8-6-2)15-18(22)17-28-4)24(27)26-20-11-9-19(25-3)10-12-20;1-3-4-5-6-7-8-9-10-11-12-13-24-17-15-18(27-26-25-20)16(2)14-19(17)28(21,22)23/h9-12,15-16,25H,5-8,13-14,17H2,1-4H3,(H,26,27);14-15,20H,3-13H2,1-2H3,(H,21,22,23). The molecule has 3 aromatic carbocycles. The van der Waals surface area contributed by atoms with Gasteiger partial charge in [-0.1, -0.05) is 96.4 Å². The number of carbonyl (C=O) groups is 1. The molecule has 3 aromatic rings. The number of carbonyl (C=O) groups excluding carboxylic acids is 1. The molecule has 58 heavy (non-hydrogen) atoms. The molecule has 0 saturated heterocycles. The number of aryl methyl sites for hydroxylation is 1. The normalized spacial score (nSPS) is 11.1. The molecule has 15 heteroatoms. The van der Waals surface area contributed by atoms with E-state index in [4.69, 9.17) is 24.2 Å². The highest BCUT2D eigenvalue weighted by molar-refractivity contribution is 7.94. The lowest BCUT2D eigenvalue weighted by Crippen LogP contribution is -2.15. The minimum absolute atomic E-state index is 0.0491. The summed E-state index contributed by atoms with van der Waals surface area (Å²) in [4.78, 5) is 13.3. The molecule has 13 nitrogen and oxygen atoms in total. The molecule has 0 aliphatic carbocycles. The molecule has 0 saturated carbocycles. The highest BCUT2D eigenvalue weighted by Gasteiger charge is 2.21. The predicted octanol–water partition coefficient (Wildman–Crippen LogP) is 11.5. The van der Waals surface area contributed by atoms with E-state index in [2.05, 4.69) is 40.8 Å². The Morgan fingerprint density at radius 3 is 1.79 bits per heavy atom. The Hall–Kier alpha value is -3.57. The second kappa shape index (κ2) is 29.6. The summed E-state index contributed by atoms with van der Waals surface area (Å²) >= 11 is 0.712. The Morgan fingerprint density at radius 2 is 1.24 bits per heavy atom. The van der Waals surface area contributed by atoms with Crippen molar-refractivity contribution in [3.63, 3.8) is 0 Å². The number of unbranched alkanes of at least 4 members (excludes halogenated alkanes) is 11. The highest BCUT2D eigenvalue weighted by Crippen LogP contribution is 2.34. The molecule has 3 rings (SSSR count). The van der Waals surface area contributed by atoms with Crippen LogP contribution in [-0.4, -0.2) is 58.1 Å². The van der Waals surface area contributed by atoms with Crippen molar-refractivity contribution in [3.8, 4) is 17.2 Å². The van der Waals surface area contributed by atoms with E-state index in [0.29, 0.717) is 71.7 Å². The predicted molar refractivity (Wildman–Crippen MR) is 231 cm³/mol. The third kappa shape index (κ3) is 19.5. The van der Waals surface area contributed by atoms with E-state index in [1.807, 2.05) is 37.4 Å². The van der Waals surface area contributed by atoms with Crippen LogP contribution in [0.4, 0.5) is 11.4 Å². The van der Waals surface area contributed by atoms with Gasteiger partial charge in [0.25, 0.3) is 16.0 Å². The molecule has 1 amide bonds. The summed E-state index contributed by atoms with van der Waals surface area (Å²) in [7, 11) is -0.915. The van der Waals surface area contributed by atoms with Gasteiger partial charge >= 0.3 is 0 Å². The Balaban J connectivity index is 0.000000401. The first-order valence-electron chi connectivity index (χ1n) is 20.4. The highest BCUT2D eigenvalue weighted by atomic mass is 32.2. The van der Waals surface area contributed by atoms with Gasteiger partial charge in [0.2, 0.25) is 0 Å². The van der Waals surface area contributed by atoms with Crippen LogP contribution < -0.4 is 24.8 Å². The third-order valence-corrected chi connectivity index (χ3v) is 10.7. The first-order chi connectivity index (χ1) is 28.0. The van der Waals surface area contributed by atoms with Crippen LogP contribution in [0.5, 0.6) is 17.2 Å². The number of nitrogens with one attached hydrogen (secondary N) is 2. The summed E-state index contributed by atoms with van der Waals surface area (Å²) in [5.74, 6) is 1.02. The average molecular weight is 851 g/mol. The Labute approximate surface area is 350 Å². The fourth-order valence-electron chi connectivity index (χ4n) is 5.74. The number of hydrogen-bond acceptors (Lipinski definition) is 12. The van der Waals surface area contributed by atoms with Crippen LogP contribution in [0.1, 0.15) is 132 Å². The third-order valence-electron chi connectivity index (χ3n) is 9.08. The minimum atomic E-state index is -4.41. The van der Waals surface area contributed by atoms with Crippen molar-refractivity contribution in [1.29, 1.82) is 0 Å². The van der Waals surface area contributed by atoms with E-state index < -0.39 is 10.1 Å². The van der Waals surface area contributed by atoms with Gasteiger partial charge in [0, 0.05) is 36.0 Å². The molecular weight excluding hydrogens is 785 g/mol. The van der Waals surface area contributed by atoms with Crippen molar-refractivity contribution in [3.05, 3.63) is 65.2 Å². The first kappa shape index (κ1) is 50.6. The number of hydrogen-bond donors (Lipinski definition) is 4. The summed E-state index contributed by atoms with van der Waals surface area (Å²) in [5, 5.41) is 17.9. The average Bonchev–Trinajstić information content (AvgIpc) is 3.20. The van der Waals surface area contributed by atoms with E-state index in [1.165, 1.54) is 57.1 Å². The number of benzene rings is 3. The van der Waals surface area contributed by atoms with Crippen molar-refractivity contribution in [2.45, 2.75) is 134 Å². The Kier molecular flexibility index (Phi) is 25.8. The molecular formula is C43H66N2O11S2. The van der Waals surface area contributed by atoms with Gasteiger partial charge in [0.05, 0.1) is 44.0 Å². The molecule has 0 bridgehead atoms. The summed E-state index contributed by atoms with van der Waals surface area (Å²) in [6.45, 7) is 9.96. The van der Waals surface area contributed by atoms with Crippen molar-refractivity contribution in [2.24, 2.45) is 0 Å². The Bertz CT molecular complexity index is 1710. The molecule has 0 aliphatic heterocycles. The zero-order chi connectivity index (χ0) is 42.6. The Morgan fingerprint density at radius 1 is 0.707 bits per heavy atom. The van der Waals surface area contributed by atoms with Crippen LogP contribution in [0.3, 0.4) is 0 Å². The van der Waals surface area contributed by atoms with Gasteiger partial charge in [-0.15, -0.1) is 4.33 Å². The quantitative estimate of drug-likeness (QED) is 0.0171. The summed E-state index contributed by atoms with van der Waals surface area (Å²) < 4.78 is 59.9. The molecule has 4 N–H and O–H groups in total. The van der Waals surface area contributed by atoms with E-state index in [9.17, 15) is 17.8 Å². The van der Waals surface area contributed by atoms with Crippen LogP contribution in [0, 0.1) is 6.92 Å². The van der Waals surface area contributed by atoms with Gasteiger partial charge < -0.3 is 29.6 Å². The number of anilines is 2. The zero-order valence-electron chi connectivity index (χ0n) is 35.2. The monoisotopic (exact) mass is 850 g/mol. The van der Waals surface area contributed by atoms with Crippen LogP contribution in [0.25, 0.3) is 0 Å². The maximum absolute atomic E-state index is 13.1. The van der Waals surface area contributed by atoms with Crippen LogP contribution in [0.2, 0.25) is 0 Å². The SMILES string of the molecule is CCCCCCCCCCCCOc1cc(SOOO)c(C)cc1S(=O)(=O)O.CCCCOc1cc(C(=O)Nc2ccc(NC)cc2)c(OCCCC)cc1COC. The summed E-state index contributed by atoms with van der Waals surface area (Å²) in [6, 6.07) is 13.9. The number of ether oxygens (including phenoxy) is 4. The molecule has 0 heterocycles. The smallest absolute Gasteiger partial charge is 0.298 e. The molecule has 0 spiro atoms. The molecule has 0 unspecified atom stereocenters. The van der Waals surface area contributed by atoms with Crippen molar-refractivity contribution in [2.75, 3.05) is 44.6 Å². The van der Waals surface area contributed by atoms with Gasteiger partial charge in [-0.25, -0.2) is 5.26 Å². The summed E-state index contributed by atoms with van der Waals surface area (Å²) in [5.41, 5.74) is 3.55. The molecule has 0 aliphatic rings. The second-order valence-electron chi connectivity index (χ2n) is 13.9. The molecule has 0 radical (unpaired) electrons. The molecule has 0 aromatic heterocycles. The maximum Gasteiger partial charge on any atom is 0.298 e. The van der Waals surface area contributed by atoms with Crippen LogP contribution in [0.15, 0.2) is 58.3 Å². The fourth-order valence-corrected chi connectivity index (χ4v) is 6.89. The number of rotatable bonds is 29. The van der Waals surface area contributed by atoms with E-state index >= 15 is 0 Å². The zero-order valence-corrected chi connectivity index (χ0v) is 36.9. The molecule has 326 valence electrons. The van der Waals surface area contributed by atoms with Gasteiger partial charge in [0.15, 0.2) is 0 Å². The number of amides is 1. The van der Waals surface area contributed by atoms with E-state index in [-0.39, 0.29) is 16.6 Å². The van der Waals surface area contributed by atoms with Gasteiger partial charge in [0.1, 0.15) is 22.1 Å². The molecule has 0 atom stereocenters. The lowest BCUT2D eigenvalue weighted by atomic mass is 10.1. The summed E-state index contributed by atoms with van der Waals surface area (Å²) in [6.07, 6.45) is 15.8. The first-order valence-corrected chi connectivity index (χ1v) is 22.6. The van der Waals surface area contributed by atoms with E-state index in [0.717, 1.165) is 56.2 Å². The fraction of sp³-hybridized carbons (Fsp3) is 0.558. The maximum atomic E-state index is 13.1. The van der Waals surface area contributed by atoms with Crippen LogP contribution >= 0.6 is 12.0 Å². The van der Waals surface area contributed by atoms with E-state index in [1.54, 1.807) is 20.1 Å². The minimum Gasteiger partial charge on any atom is -0.493 e. The lowest BCUT2D eigenvalue weighted by molar-refractivity contribution is -0.432. The van der Waals surface area contributed by atoms with Gasteiger partial charge in [-0.3, -0.25) is 9.35 Å². The van der Waals surface area contributed by atoms with Crippen molar-refractivity contribution >= 4 is 39.4 Å². The van der Waals surface area contributed by atoms with Crippen LogP contribution in [-0.2, 0) is 30.8 Å². The van der Waals surface area contributed by atoms with Gasteiger partial charge in [-0.2, -0.15) is 8.42 Å². The topological polar surface area (TPSA) is 171 Å².